The van der Waals surface area contributed by atoms with Crippen LogP contribution in [0.15, 0.2) is 77.8 Å². The van der Waals surface area contributed by atoms with Crippen LogP contribution < -0.4 is 15.8 Å². The molecular formula is C30H28F2N6O3S. The highest BCUT2D eigenvalue weighted by Crippen LogP contribution is 2.39. The number of hydrogen-bond donors (Lipinski definition) is 3. The number of ether oxygens (including phenoxy) is 1. The average molecular weight is 591 g/mol. The van der Waals surface area contributed by atoms with Crippen LogP contribution in [0.25, 0.3) is 33.3 Å². The minimum atomic E-state index is -4.36. The van der Waals surface area contributed by atoms with Crippen molar-refractivity contribution in [3.05, 3.63) is 84.6 Å². The minimum absolute atomic E-state index is 0.0712. The normalized spacial score (nSPS) is 13.8. The van der Waals surface area contributed by atoms with E-state index >= 15 is 4.39 Å². The third-order valence-corrected chi connectivity index (χ3v) is 8.46. The Morgan fingerprint density at radius 3 is 2.36 bits per heavy atom. The molecule has 4 N–H and O–H groups in total. The molecule has 0 amide bonds. The Hall–Kier alpha value is -4.55. The van der Waals surface area contributed by atoms with E-state index in [0.717, 1.165) is 34.5 Å². The Bertz CT molecular complexity index is 1910. The molecule has 0 unspecified atom stereocenters. The van der Waals surface area contributed by atoms with Crippen LogP contribution in [0.5, 0.6) is 0 Å². The Morgan fingerprint density at radius 2 is 1.71 bits per heavy atom. The number of benzene rings is 3. The molecule has 1 saturated heterocycles. The lowest BCUT2D eigenvalue weighted by molar-refractivity contribution is 0.0211. The van der Waals surface area contributed by atoms with E-state index in [1.54, 1.807) is 6.20 Å². The van der Waals surface area contributed by atoms with Gasteiger partial charge in [-0.1, -0.05) is 30.3 Å². The number of anilines is 3. The number of nitrogens with two attached hydrogens (primary N) is 1. The number of fused-ring (bicyclic) bond motifs is 1. The zero-order chi connectivity index (χ0) is 29.6. The molecule has 6 rings (SSSR count). The molecule has 3 heterocycles. The van der Waals surface area contributed by atoms with Gasteiger partial charge in [-0.25, -0.2) is 22.2 Å². The van der Waals surface area contributed by atoms with Gasteiger partial charge in [0.2, 0.25) is 0 Å². The topological polar surface area (TPSA) is 124 Å². The number of aromatic nitrogens is 3. The minimum Gasteiger partial charge on any atom is -0.383 e. The van der Waals surface area contributed by atoms with Crippen LogP contribution in [0.3, 0.4) is 0 Å². The van der Waals surface area contributed by atoms with Crippen molar-refractivity contribution in [1.29, 1.82) is 0 Å². The predicted octanol–water partition coefficient (Wildman–Crippen LogP) is 5.82. The number of hydrogen-bond acceptors (Lipinski definition) is 7. The van der Waals surface area contributed by atoms with E-state index in [-0.39, 0.29) is 17.5 Å². The molecule has 0 aliphatic carbocycles. The van der Waals surface area contributed by atoms with Crippen molar-refractivity contribution < 1.29 is 21.9 Å². The van der Waals surface area contributed by atoms with Gasteiger partial charge >= 0.3 is 0 Å². The Kier molecular flexibility index (Phi) is 7.03. The van der Waals surface area contributed by atoms with Gasteiger partial charge in [0.05, 0.1) is 35.8 Å². The first kappa shape index (κ1) is 27.6. The van der Waals surface area contributed by atoms with Crippen molar-refractivity contribution >= 4 is 38.1 Å². The maximum absolute atomic E-state index is 15.3. The SMILES string of the molecule is CC(C)n1nc(-c2ccc(NS(=O)(=O)c3ccccc3F)c(F)c2)c2c(N)ncc(-c3ccc(NC4COC4)cc3)c21. The summed E-state index contributed by atoms with van der Waals surface area (Å²) >= 11 is 0. The maximum Gasteiger partial charge on any atom is 0.264 e. The second kappa shape index (κ2) is 10.7. The van der Waals surface area contributed by atoms with E-state index in [0.29, 0.717) is 35.9 Å². The van der Waals surface area contributed by atoms with Gasteiger partial charge in [0, 0.05) is 29.1 Å². The summed E-state index contributed by atoms with van der Waals surface area (Å²) in [5.41, 5.74) is 10.2. The van der Waals surface area contributed by atoms with Crippen molar-refractivity contribution in [1.82, 2.24) is 14.8 Å². The lowest BCUT2D eigenvalue weighted by atomic mass is 10.0. The molecule has 5 aromatic rings. The molecule has 0 radical (unpaired) electrons. The standard InChI is InChI=1S/C30H28F2N6O3S/c1-17(2)38-29-22(18-7-10-20(11-8-18)35-21-15-41-16-21)14-34-30(33)27(29)28(36-38)19-9-12-25(24(32)13-19)37-42(39,40)26-6-4-3-5-23(26)31/h3-14,17,21,35,37H,15-16H2,1-2H3,(H2,33,34). The molecule has 0 spiro atoms. The first-order valence-corrected chi connectivity index (χ1v) is 14.8. The molecule has 12 heteroatoms. The smallest absolute Gasteiger partial charge is 0.264 e. The molecule has 2 aromatic heterocycles. The lowest BCUT2D eigenvalue weighted by Crippen LogP contribution is -2.40. The summed E-state index contributed by atoms with van der Waals surface area (Å²) in [6.07, 6.45) is 1.70. The predicted molar refractivity (Wildman–Crippen MR) is 159 cm³/mol. The Labute approximate surface area is 241 Å². The van der Waals surface area contributed by atoms with E-state index in [1.165, 1.54) is 30.3 Å². The van der Waals surface area contributed by atoms with Gasteiger partial charge in [-0.2, -0.15) is 5.10 Å². The molecule has 1 aliphatic heterocycles. The Balaban J connectivity index is 1.40. The molecule has 0 saturated carbocycles. The number of nitrogens with zero attached hydrogens (tertiary/aromatic N) is 3. The van der Waals surface area contributed by atoms with Gasteiger partial charge < -0.3 is 15.8 Å². The van der Waals surface area contributed by atoms with Crippen LogP contribution in [0, 0.1) is 11.6 Å². The van der Waals surface area contributed by atoms with Crippen LogP contribution >= 0.6 is 0 Å². The quantitative estimate of drug-likeness (QED) is 0.208. The van der Waals surface area contributed by atoms with E-state index in [4.69, 9.17) is 15.6 Å². The van der Waals surface area contributed by atoms with Crippen molar-refractivity contribution in [2.24, 2.45) is 0 Å². The van der Waals surface area contributed by atoms with Crippen molar-refractivity contribution in [3.63, 3.8) is 0 Å². The van der Waals surface area contributed by atoms with E-state index in [9.17, 15) is 12.8 Å². The van der Waals surface area contributed by atoms with Crippen molar-refractivity contribution in [2.75, 3.05) is 29.0 Å². The second-order valence-electron chi connectivity index (χ2n) is 10.4. The molecule has 0 atom stereocenters. The third-order valence-electron chi connectivity index (χ3n) is 7.06. The van der Waals surface area contributed by atoms with Crippen LogP contribution in [-0.4, -0.2) is 42.4 Å². The van der Waals surface area contributed by atoms with E-state index < -0.39 is 26.6 Å². The summed E-state index contributed by atoms with van der Waals surface area (Å²) in [5, 5.41) is 8.77. The van der Waals surface area contributed by atoms with Crippen LogP contribution in [0.2, 0.25) is 0 Å². The molecule has 1 aliphatic rings. The van der Waals surface area contributed by atoms with Gasteiger partial charge in [-0.3, -0.25) is 9.40 Å². The highest BCUT2D eigenvalue weighted by molar-refractivity contribution is 7.92. The van der Waals surface area contributed by atoms with Gasteiger partial charge in [0.1, 0.15) is 28.0 Å². The maximum atomic E-state index is 15.3. The zero-order valence-corrected chi connectivity index (χ0v) is 23.6. The third kappa shape index (κ3) is 5.03. The molecule has 1 fully saturated rings. The van der Waals surface area contributed by atoms with Gasteiger partial charge in [0.15, 0.2) is 0 Å². The lowest BCUT2D eigenvalue weighted by Gasteiger charge is -2.27. The number of nitrogens with one attached hydrogen (secondary N) is 2. The van der Waals surface area contributed by atoms with Crippen LogP contribution in [-0.2, 0) is 14.8 Å². The molecule has 3 aromatic carbocycles. The molecule has 216 valence electrons. The fourth-order valence-electron chi connectivity index (χ4n) is 4.89. The highest BCUT2D eigenvalue weighted by Gasteiger charge is 2.24. The zero-order valence-electron chi connectivity index (χ0n) is 22.8. The fourth-order valence-corrected chi connectivity index (χ4v) is 6.04. The van der Waals surface area contributed by atoms with Gasteiger partial charge in [0.25, 0.3) is 10.0 Å². The molecule has 9 nitrogen and oxygen atoms in total. The second-order valence-corrected chi connectivity index (χ2v) is 12.0. The number of halogens is 2. The van der Waals surface area contributed by atoms with Gasteiger partial charge in [-0.05, 0) is 55.8 Å². The van der Waals surface area contributed by atoms with Crippen molar-refractivity contribution in [2.45, 2.75) is 30.8 Å². The molecule has 0 bridgehead atoms. The largest absolute Gasteiger partial charge is 0.383 e. The Morgan fingerprint density at radius 1 is 1.00 bits per heavy atom. The molecule has 42 heavy (non-hydrogen) atoms. The number of rotatable bonds is 8. The summed E-state index contributed by atoms with van der Waals surface area (Å²) in [4.78, 5) is 3.86. The first-order valence-electron chi connectivity index (χ1n) is 13.3. The van der Waals surface area contributed by atoms with E-state index in [2.05, 4.69) is 15.0 Å². The highest BCUT2D eigenvalue weighted by atomic mass is 32.2. The summed E-state index contributed by atoms with van der Waals surface area (Å²) in [6, 6.07) is 17.0. The van der Waals surface area contributed by atoms with Crippen LogP contribution in [0.4, 0.5) is 26.0 Å². The fraction of sp³-hybridized carbons (Fsp3) is 0.200. The molecular weight excluding hydrogens is 562 g/mol. The number of sulfonamides is 1. The average Bonchev–Trinajstić information content (AvgIpc) is 3.35. The summed E-state index contributed by atoms with van der Waals surface area (Å²) in [6.45, 7) is 5.32. The summed E-state index contributed by atoms with van der Waals surface area (Å²) in [7, 11) is -4.36. The summed E-state index contributed by atoms with van der Waals surface area (Å²) in [5.74, 6) is -1.57. The monoisotopic (exact) mass is 590 g/mol. The summed E-state index contributed by atoms with van der Waals surface area (Å²) < 4.78 is 64.1. The van der Waals surface area contributed by atoms with E-state index in [1.807, 2.05) is 42.8 Å². The first-order chi connectivity index (χ1) is 20.1. The number of nitrogen functional groups attached to an aromatic ring is 1. The van der Waals surface area contributed by atoms with Gasteiger partial charge in [-0.15, -0.1) is 0 Å². The van der Waals surface area contributed by atoms with Crippen LogP contribution in [0.1, 0.15) is 19.9 Å². The number of pyridine rings is 1. The van der Waals surface area contributed by atoms with Crippen molar-refractivity contribution in [3.8, 4) is 22.4 Å².